The second-order valence-electron chi connectivity index (χ2n) is 3.94. The lowest BCUT2D eigenvalue weighted by molar-refractivity contribution is 0.176. The first kappa shape index (κ1) is 12.6. The van der Waals surface area contributed by atoms with Gasteiger partial charge in [-0.2, -0.15) is 16.4 Å². The smallest absolute Gasteiger partial charge is 0.0853 e. The monoisotopic (exact) mass is 270 g/mol. The van der Waals surface area contributed by atoms with E-state index in [-0.39, 0.29) is 0 Å². The molecule has 3 nitrogen and oxygen atoms in total. The normalized spacial score (nSPS) is 12.9. The van der Waals surface area contributed by atoms with Crippen molar-refractivity contribution < 1.29 is 5.11 Å². The SMILES string of the molecule is CCn1nc(C)c(Cl)c1CC(O)c1ccsc1. The van der Waals surface area contributed by atoms with Gasteiger partial charge in [0.05, 0.1) is 22.5 Å². The van der Waals surface area contributed by atoms with Gasteiger partial charge in [0.25, 0.3) is 0 Å². The summed E-state index contributed by atoms with van der Waals surface area (Å²) in [6.45, 7) is 4.66. The van der Waals surface area contributed by atoms with Crippen molar-refractivity contribution in [2.24, 2.45) is 0 Å². The zero-order chi connectivity index (χ0) is 12.4. The second-order valence-corrected chi connectivity index (χ2v) is 5.10. The van der Waals surface area contributed by atoms with Crippen LogP contribution in [0.1, 0.15) is 30.0 Å². The van der Waals surface area contributed by atoms with E-state index in [1.165, 1.54) is 0 Å². The van der Waals surface area contributed by atoms with E-state index in [1.54, 1.807) is 11.3 Å². The number of nitrogens with zero attached hydrogens (tertiary/aromatic N) is 2. The van der Waals surface area contributed by atoms with Gasteiger partial charge in [-0.1, -0.05) is 11.6 Å². The van der Waals surface area contributed by atoms with Gasteiger partial charge >= 0.3 is 0 Å². The Morgan fingerprint density at radius 1 is 1.59 bits per heavy atom. The fourth-order valence-corrected chi connectivity index (χ4v) is 2.75. The minimum absolute atomic E-state index is 0.504. The van der Waals surface area contributed by atoms with Crippen LogP contribution < -0.4 is 0 Å². The molecular weight excluding hydrogens is 256 g/mol. The minimum atomic E-state index is -0.514. The zero-order valence-corrected chi connectivity index (χ0v) is 11.4. The van der Waals surface area contributed by atoms with Crippen molar-refractivity contribution >= 4 is 22.9 Å². The molecule has 0 aromatic carbocycles. The summed E-state index contributed by atoms with van der Waals surface area (Å²) in [4.78, 5) is 0. The van der Waals surface area contributed by atoms with Crippen molar-refractivity contribution in [1.29, 1.82) is 0 Å². The molecule has 0 radical (unpaired) electrons. The number of aryl methyl sites for hydroxylation is 2. The van der Waals surface area contributed by atoms with Crippen molar-refractivity contribution in [3.8, 4) is 0 Å². The van der Waals surface area contributed by atoms with Gasteiger partial charge in [-0.05, 0) is 36.2 Å². The van der Waals surface area contributed by atoms with E-state index in [4.69, 9.17) is 11.6 Å². The number of halogens is 1. The Morgan fingerprint density at radius 2 is 2.35 bits per heavy atom. The Hall–Kier alpha value is -0.840. The average Bonchev–Trinajstić information content (AvgIpc) is 2.92. The first-order chi connectivity index (χ1) is 8.13. The van der Waals surface area contributed by atoms with Crippen molar-refractivity contribution in [2.45, 2.75) is 32.9 Å². The van der Waals surface area contributed by atoms with Crippen LogP contribution in [0, 0.1) is 6.92 Å². The maximum Gasteiger partial charge on any atom is 0.0853 e. The summed E-state index contributed by atoms with van der Waals surface area (Å²) in [7, 11) is 0. The molecule has 0 fully saturated rings. The van der Waals surface area contributed by atoms with Gasteiger partial charge < -0.3 is 5.11 Å². The predicted molar refractivity (Wildman–Crippen MR) is 70.6 cm³/mol. The van der Waals surface area contributed by atoms with Crippen LogP contribution in [0.2, 0.25) is 5.02 Å². The van der Waals surface area contributed by atoms with Crippen molar-refractivity contribution in [2.75, 3.05) is 0 Å². The molecule has 2 rings (SSSR count). The molecule has 0 saturated heterocycles. The van der Waals surface area contributed by atoms with E-state index in [0.29, 0.717) is 11.4 Å². The highest BCUT2D eigenvalue weighted by Gasteiger charge is 2.17. The van der Waals surface area contributed by atoms with E-state index in [0.717, 1.165) is 23.5 Å². The van der Waals surface area contributed by atoms with Crippen molar-refractivity contribution in [3.05, 3.63) is 38.8 Å². The summed E-state index contributed by atoms with van der Waals surface area (Å²) >= 11 is 7.79. The summed E-state index contributed by atoms with van der Waals surface area (Å²) in [5, 5.41) is 19.0. The summed E-state index contributed by atoms with van der Waals surface area (Å²) in [6, 6.07) is 1.93. The van der Waals surface area contributed by atoms with E-state index >= 15 is 0 Å². The van der Waals surface area contributed by atoms with Gasteiger partial charge in [0, 0.05) is 13.0 Å². The standard InChI is InChI=1S/C12H15ClN2OS/c1-3-15-10(12(13)8(2)14-15)6-11(16)9-4-5-17-7-9/h4-5,7,11,16H,3,6H2,1-2H3. The highest BCUT2D eigenvalue weighted by molar-refractivity contribution is 7.07. The first-order valence-corrected chi connectivity index (χ1v) is 6.87. The summed E-state index contributed by atoms with van der Waals surface area (Å²) in [5.74, 6) is 0. The summed E-state index contributed by atoms with van der Waals surface area (Å²) < 4.78 is 1.85. The van der Waals surface area contributed by atoms with Gasteiger partial charge in [0.2, 0.25) is 0 Å². The molecule has 2 aromatic rings. The van der Waals surface area contributed by atoms with Crippen LogP contribution >= 0.6 is 22.9 Å². The predicted octanol–water partition coefficient (Wildman–Crippen LogP) is 3.20. The molecule has 1 atom stereocenters. The fourth-order valence-electron chi connectivity index (χ4n) is 1.83. The molecule has 1 unspecified atom stereocenters. The van der Waals surface area contributed by atoms with Crippen LogP contribution in [0.25, 0.3) is 0 Å². The van der Waals surface area contributed by atoms with Gasteiger partial charge in [0.15, 0.2) is 0 Å². The molecule has 0 aliphatic heterocycles. The first-order valence-electron chi connectivity index (χ1n) is 5.55. The zero-order valence-electron chi connectivity index (χ0n) is 9.85. The number of aromatic nitrogens is 2. The lowest BCUT2D eigenvalue weighted by atomic mass is 10.1. The molecule has 0 aliphatic rings. The number of hydrogen-bond donors (Lipinski definition) is 1. The molecule has 2 aromatic heterocycles. The van der Waals surface area contributed by atoms with E-state index < -0.39 is 6.10 Å². The Balaban J connectivity index is 2.24. The molecule has 0 spiro atoms. The molecule has 5 heteroatoms. The maximum absolute atomic E-state index is 10.1. The second kappa shape index (κ2) is 5.21. The number of aliphatic hydroxyl groups excluding tert-OH is 1. The lowest BCUT2D eigenvalue weighted by Gasteiger charge is -2.10. The number of rotatable bonds is 4. The van der Waals surface area contributed by atoms with Crippen LogP contribution in [-0.4, -0.2) is 14.9 Å². The Morgan fingerprint density at radius 3 is 2.94 bits per heavy atom. The van der Waals surface area contributed by atoms with Gasteiger partial charge in [0.1, 0.15) is 0 Å². The molecule has 92 valence electrons. The summed E-state index contributed by atoms with van der Waals surface area (Å²) in [5.41, 5.74) is 2.67. The number of aliphatic hydroxyl groups is 1. The fraction of sp³-hybridized carbons (Fsp3) is 0.417. The molecular formula is C12H15ClN2OS. The number of hydrogen-bond acceptors (Lipinski definition) is 3. The highest BCUT2D eigenvalue weighted by Crippen LogP contribution is 2.26. The van der Waals surface area contributed by atoms with Gasteiger partial charge in [-0.15, -0.1) is 0 Å². The van der Waals surface area contributed by atoms with E-state index in [2.05, 4.69) is 5.10 Å². The Bertz CT molecular complexity index is 493. The van der Waals surface area contributed by atoms with Gasteiger partial charge in [-0.3, -0.25) is 4.68 Å². The maximum atomic E-state index is 10.1. The number of thiophene rings is 1. The Labute approximate surface area is 110 Å². The van der Waals surface area contributed by atoms with Crippen LogP contribution in [0.3, 0.4) is 0 Å². The molecule has 1 N–H and O–H groups in total. The van der Waals surface area contributed by atoms with E-state index in [1.807, 2.05) is 35.4 Å². The average molecular weight is 271 g/mol. The van der Waals surface area contributed by atoms with Crippen LogP contribution in [0.15, 0.2) is 16.8 Å². The molecule has 0 aliphatic carbocycles. The molecule has 0 bridgehead atoms. The molecule has 0 saturated carbocycles. The van der Waals surface area contributed by atoms with Gasteiger partial charge in [-0.25, -0.2) is 0 Å². The van der Waals surface area contributed by atoms with Crippen LogP contribution in [0.4, 0.5) is 0 Å². The van der Waals surface area contributed by atoms with Crippen molar-refractivity contribution in [3.63, 3.8) is 0 Å². The highest BCUT2D eigenvalue weighted by atomic mass is 35.5. The molecule has 0 amide bonds. The van der Waals surface area contributed by atoms with E-state index in [9.17, 15) is 5.11 Å². The third-order valence-electron chi connectivity index (χ3n) is 2.77. The molecule has 2 heterocycles. The molecule has 17 heavy (non-hydrogen) atoms. The lowest BCUT2D eigenvalue weighted by Crippen LogP contribution is -2.08. The largest absolute Gasteiger partial charge is 0.388 e. The third-order valence-corrected chi connectivity index (χ3v) is 3.96. The van der Waals surface area contributed by atoms with Crippen LogP contribution in [-0.2, 0) is 13.0 Å². The van der Waals surface area contributed by atoms with Crippen molar-refractivity contribution in [1.82, 2.24) is 9.78 Å². The van der Waals surface area contributed by atoms with Crippen LogP contribution in [0.5, 0.6) is 0 Å². The third kappa shape index (κ3) is 2.54. The summed E-state index contributed by atoms with van der Waals surface area (Å²) in [6.07, 6.45) is -0.00954. The topological polar surface area (TPSA) is 38.0 Å². The quantitative estimate of drug-likeness (QED) is 0.926. The minimum Gasteiger partial charge on any atom is -0.388 e. The Kier molecular flexibility index (Phi) is 3.86.